The summed E-state index contributed by atoms with van der Waals surface area (Å²) >= 11 is 0. The number of hydrogen-bond acceptors (Lipinski definition) is 2. The maximum atomic E-state index is 15.8. The highest BCUT2D eigenvalue weighted by Gasteiger charge is 2.38. The zero-order valence-electron chi connectivity index (χ0n) is 28.0. The normalized spacial score (nSPS) is 12.9. The first kappa shape index (κ1) is 29.9. The number of fused-ring (bicyclic) bond motifs is 6. The molecule has 0 spiro atoms. The van der Waals surface area contributed by atoms with E-state index < -0.39 is 0 Å². The van der Waals surface area contributed by atoms with Crippen LogP contribution in [0.2, 0.25) is 0 Å². The molecule has 0 fully saturated rings. The second kappa shape index (κ2) is 11.7. The Bertz CT molecular complexity index is 2490. The van der Waals surface area contributed by atoms with Crippen LogP contribution in [0.4, 0.5) is 38.5 Å². The summed E-state index contributed by atoms with van der Waals surface area (Å²) in [6.07, 6.45) is 0. The molecule has 0 aromatic heterocycles. The van der Waals surface area contributed by atoms with Crippen molar-refractivity contribution in [3.05, 3.63) is 193 Å². The Morgan fingerprint density at radius 2 is 1.00 bits per heavy atom. The molecule has 50 heavy (non-hydrogen) atoms. The standard InChI is InChI=1S/C47H35FN2/c1-47(2)40-30-35(50(44-26-14-13-25-42(44)48)43-27-15-17-32-16-9-10-22-36(32)43)28-29-39(40)46-38-24-12-11-23-37(38)45(31-41(46)47)49(33-18-5-3-6-19-33)34-20-7-4-8-21-34/h3-31H,1-2H3. The molecule has 0 bridgehead atoms. The van der Waals surface area contributed by atoms with E-state index in [1.54, 1.807) is 12.1 Å². The van der Waals surface area contributed by atoms with Crippen LogP contribution in [0, 0.1) is 5.82 Å². The number of nitrogens with zero attached hydrogens (tertiary/aromatic N) is 2. The molecule has 0 aliphatic heterocycles. The van der Waals surface area contributed by atoms with Crippen LogP contribution < -0.4 is 9.80 Å². The molecule has 0 N–H and O–H groups in total. The second-order valence-electron chi connectivity index (χ2n) is 13.5. The molecular weight excluding hydrogens is 612 g/mol. The zero-order chi connectivity index (χ0) is 33.8. The predicted molar refractivity (Wildman–Crippen MR) is 208 cm³/mol. The number of anilines is 6. The maximum Gasteiger partial charge on any atom is 0.147 e. The highest BCUT2D eigenvalue weighted by Crippen LogP contribution is 2.56. The average molecular weight is 647 g/mol. The van der Waals surface area contributed by atoms with Crippen LogP contribution in [0.15, 0.2) is 176 Å². The smallest absolute Gasteiger partial charge is 0.147 e. The summed E-state index contributed by atoms with van der Waals surface area (Å²) in [6.45, 7) is 4.64. The van der Waals surface area contributed by atoms with E-state index in [0.717, 1.165) is 39.2 Å². The molecule has 3 heteroatoms. The highest BCUT2D eigenvalue weighted by molar-refractivity contribution is 6.10. The van der Waals surface area contributed by atoms with Crippen molar-refractivity contribution in [2.45, 2.75) is 19.3 Å². The van der Waals surface area contributed by atoms with Crippen LogP contribution in [0.5, 0.6) is 0 Å². The van der Waals surface area contributed by atoms with Gasteiger partial charge in [-0.15, -0.1) is 0 Å². The molecule has 2 nitrogen and oxygen atoms in total. The Balaban J connectivity index is 1.27. The molecule has 0 unspecified atom stereocenters. The zero-order valence-corrected chi connectivity index (χ0v) is 28.0. The van der Waals surface area contributed by atoms with Gasteiger partial charge in [-0.25, -0.2) is 4.39 Å². The van der Waals surface area contributed by atoms with Crippen molar-refractivity contribution in [3.63, 3.8) is 0 Å². The Hall–Kier alpha value is -6.19. The van der Waals surface area contributed by atoms with Crippen LogP contribution in [0.25, 0.3) is 32.7 Å². The third kappa shape index (κ3) is 4.69. The lowest BCUT2D eigenvalue weighted by Crippen LogP contribution is -2.18. The van der Waals surface area contributed by atoms with Gasteiger partial charge in [-0.3, -0.25) is 0 Å². The third-order valence-electron chi connectivity index (χ3n) is 10.3. The molecule has 0 radical (unpaired) electrons. The van der Waals surface area contributed by atoms with Gasteiger partial charge in [-0.05, 0) is 93.7 Å². The number of hydrogen-bond donors (Lipinski definition) is 0. The third-order valence-corrected chi connectivity index (χ3v) is 10.3. The van der Waals surface area contributed by atoms with E-state index in [2.05, 4.69) is 163 Å². The molecule has 9 rings (SSSR count). The molecule has 240 valence electrons. The Kier molecular flexibility index (Phi) is 7.03. The summed E-state index contributed by atoms with van der Waals surface area (Å²) in [7, 11) is 0. The molecular formula is C47H35FN2. The van der Waals surface area contributed by atoms with Gasteiger partial charge in [-0.1, -0.05) is 129 Å². The molecule has 0 saturated heterocycles. The largest absolute Gasteiger partial charge is 0.310 e. The first-order valence-electron chi connectivity index (χ1n) is 17.1. The monoisotopic (exact) mass is 646 g/mol. The molecule has 0 atom stereocenters. The predicted octanol–water partition coefficient (Wildman–Crippen LogP) is 13.4. The van der Waals surface area contributed by atoms with E-state index in [0.29, 0.717) is 5.69 Å². The van der Waals surface area contributed by atoms with Gasteiger partial charge < -0.3 is 9.80 Å². The van der Waals surface area contributed by atoms with Crippen molar-refractivity contribution < 1.29 is 4.39 Å². The molecule has 8 aromatic rings. The molecule has 8 aromatic carbocycles. The quantitative estimate of drug-likeness (QED) is 0.177. The van der Waals surface area contributed by atoms with Crippen LogP contribution >= 0.6 is 0 Å². The van der Waals surface area contributed by atoms with Crippen molar-refractivity contribution in [1.82, 2.24) is 0 Å². The minimum atomic E-state index is -0.335. The number of para-hydroxylation sites is 3. The molecule has 0 saturated carbocycles. The Labute approximate surface area is 292 Å². The number of rotatable bonds is 6. The van der Waals surface area contributed by atoms with Gasteiger partial charge in [0.25, 0.3) is 0 Å². The number of benzene rings is 8. The van der Waals surface area contributed by atoms with E-state index in [4.69, 9.17) is 0 Å². The molecule has 0 heterocycles. The Morgan fingerprint density at radius 1 is 0.420 bits per heavy atom. The first-order chi connectivity index (χ1) is 24.5. The lowest BCUT2D eigenvalue weighted by atomic mass is 9.81. The molecule has 0 amide bonds. The van der Waals surface area contributed by atoms with Gasteiger partial charge in [0.1, 0.15) is 5.82 Å². The van der Waals surface area contributed by atoms with Crippen molar-refractivity contribution in [2.24, 2.45) is 0 Å². The fourth-order valence-corrected chi connectivity index (χ4v) is 7.90. The van der Waals surface area contributed by atoms with E-state index in [1.807, 2.05) is 24.3 Å². The molecule has 1 aliphatic carbocycles. The van der Waals surface area contributed by atoms with Crippen molar-refractivity contribution in [2.75, 3.05) is 9.80 Å². The summed E-state index contributed by atoms with van der Waals surface area (Å²) in [5.41, 5.74) is 10.4. The lowest BCUT2D eigenvalue weighted by Gasteiger charge is -2.30. The summed E-state index contributed by atoms with van der Waals surface area (Å²) < 4.78 is 15.8. The van der Waals surface area contributed by atoms with Gasteiger partial charge in [0.15, 0.2) is 0 Å². The van der Waals surface area contributed by atoms with Gasteiger partial charge in [-0.2, -0.15) is 0 Å². The van der Waals surface area contributed by atoms with E-state index >= 15 is 4.39 Å². The summed E-state index contributed by atoms with van der Waals surface area (Å²) in [5.74, 6) is -0.263. The topological polar surface area (TPSA) is 6.48 Å². The first-order valence-corrected chi connectivity index (χ1v) is 17.1. The van der Waals surface area contributed by atoms with Crippen LogP contribution in [0.3, 0.4) is 0 Å². The summed E-state index contributed by atoms with van der Waals surface area (Å²) in [4.78, 5) is 4.45. The van der Waals surface area contributed by atoms with E-state index in [-0.39, 0.29) is 11.2 Å². The van der Waals surface area contributed by atoms with Crippen LogP contribution in [0.1, 0.15) is 25.0 Å². The summed E-state index contributed by atoms with van der Waals surface area (Å²) in [6, 6.07) is 60.7. The van der Waals surface area contributed by atoms with Crippen LogP contribution in [-0.4, -0.2) is 0 Å². The number of halogens is 1. The second-order valence-corrected chi connectivity index (χ2v) is 13.5. The minimum absolute atomic E-state index is 0.263. The fourth-order valence-electron chi connectivity index (χ4n) is 7.90. The summed E-state index contributed by atoms with van der Waals surface area (Å²) in [5, 5.41) is 4.59. The van der Waals surface area contributed by atoms with E-state index in [1.165, 1.54) is 33.0 Å². The maximum absolute atomic E-state index is 15.8. The van der Waals surface area contributed by atoms with Gasteiger partial charge >= 0.3 is 0 Å². The van der Waals surface area contributed by atoms with Crippen LogP contribution in [-0.2, 0) is 5.41 Å². The van der Waals surface area contributed by atoms with Crippen molar-refractivity contribution in [1.29, 1.82) is 0 Å². The van der Waals surface area contributed by atoms with Crippen molar-refractivity contribution >= 4 is 55.7 Å². The minimum Gasteiger partial charge on any atom is -0.310 e. The van der Waals surface area contributed by atoms with E-state index in [9.17, 15) is 0 Å². The lowest BCUT2D eigenvalue weighted by molar-refractivity contribution is 0.629. The molecule has 1 aliphatic rings. The van der Waals surface area contributed by atoms with Crippen molar-refractivity contribution in [3.8, 4) is 11.1 Å². The average Bonchev–Trinajstić information content (AvgIpc) is 3.39. The SMILES string of the molecule is CC1(C)c2cc(N(c3ccccc3F)c3cccc4ccccc34)ccc2-c2c1cc(N(c1ccccc1)c1ccccc1)c1ccccc21. The van der Waals surface area contributed by atoms with Gasteiger partial charge in [0.2, 0.25) is 0 Å². The highest BCUT2D eigenvalue weighted by atomic mass is 19.1. The fraction of sp³-hybridized carbons (Fsp3) is 0.0638. The Morgan fingerprint density at radius 3 is 1.72 bits per heavy atom. The van der Waals surface area contributed by atoms with Gasteiger partial charge in [0, 0.05) is 33.2 Å². The van der Waals surface area contributed by atoms with Gasteiger partial charge in [0.05, 0.1) is 17.1 Å².